The molecule has 0 saturated carbocycles. The van der Waals surface area contributed by atoms with E-state index in [-0.39, 0.29) is 17.9 Å². The van der Waals surface area contributed by atoms with Crippen LogP contribution >= 0.6 is 15.9 Å². The Kier molecular flexibility index (Phi) is 4.57. The van der Waals surface area contributed by atoms with Crippen LogP contribution < -0.4 is 14.8 Å². The van der Waals surface area contributed by atoms with Gasteiger partial charge in [-0.15, -0.1) is 5.10 Å². The van der Waals surface area contributed by atoms with Crippen LogP contribution in [-0.2, 0) is 0 Å². The molecule has 0 unspecified atom stereocenters. The number of hydrogen-bond acceptors (Lipinski definition) is 5. The molecule has 0 bridgehead atoms. The summed E-state index contributed by atoms with van der Waals surface area (Å²) in [6.07, 6.45) is 0. The second-order valence-corrected chi connectivity index (χ2v) is 4.55. The van der Waals surface area contributed by atoms with E-state index in [1.54, 1.807) is 18.2 Å². The van der Waals surface area contributed by atoms with Gasteiger partial charge in [0.1, 0.15) is 5.75 Å². The van der Waals surface area contributed by atoms with Crippen molar-refractivity contribution >= 4 is 27.8 Å². The van der Waals surface area contributed by atoms with Crippen molar-refractivity contribution in [2.24, 2.45) is 0 Å². The highest BCUT2D eigenvalue weighted by molar-refractivity contribution is 9.10. The molecule has 2 aromatic rings. The minimum atomic E-state index is -0.338. The maximum Gasteiger partial charge on any atom is 0.337 e. The lowest BCUT2D eigenvalue weighted by Gasteiger charge is -2.06. The van der Waals surface area contributed by atoms with E-state index in [4.69, 9.17) is 9.47 Å². The Labute approximate surface area is 123 Å². The van der Waals surface area contributed by atoms with Gasteiger partial charge in [0.25, 0.3) is 5.91 Å². The van der Waals surface area contributed by atoms with Gasteiger partial charge < -0.3 is 9.47 Å². The van der Waals surface area contributed by atoms with E-state index in [1.807, 2.05) is 6.92 Å². The van der Waals surface area contributed by atoms with Crippen molar-refractivity contribution in [2.75, 3.05) is 19.0 Å². The number of nitrogens with zero attached hydrogens (tertiary/aromatic N) is 2. The molecule has 0 fully saturated rings. The van der Waals surface area contributed by atoms with Gasteiger partial charge in [-0.05, 0) is 41.1 Å². The van der Waals surface area contributed by atoms with E-state index >= 15 is 0 Å². The zero-order chi connectivity index (χ0) is 14.5. The SMILES string of the molecule is CCOc1n[nH]c(NC(=O)c2cc(OC)ccc2Br)n1. The van der Waals surface area contributed by atoms with Crippen molar-refractivity contribution in [3.05, 3.63) is 28.2 Å². The lowest BCUT2D eigenvalue weighted by Crippen LogP contribution is -2.13. The zero-order valence-corrected chi connectivity index (χ0v) is 12.5. The molecule has 0 atom stereocenters. The molecule has 7 nitrogen and oxygen atoms in total. The number of aromatic nitrogens is 3. The summed E-state index contributed by atoms with van der Waals surface area (Å²) in [6.45, 7) is 2.27. The molecule has 106 valence electrons. The van der Waals surface area contributed by atoms with Crippen molar-refractivity contribution in [3.8, 4) is 11.8 Å². The lowest BCUT2D eigenvalue weighted by molar-refractivity contribution is 0.102. The van der Waals surface area contributed by atoms with Crippen LogP contribution in [0.5, 0.6) is 11.8 Å². The predicted molar refractivity (Wildman–Crippen MR) is 76.2 cm³/mol. The topological polar surface area (TPSA) is 89.1 Å². The molecule has 8 heteroatoms. The third kappa shape index (κ3) is 3.27. The average Bonchev–Trinajstić information content (AvgIpc) is 2.87. The monoisotopic (exact) mass is 340 g/mol. The number of H-pyrrole nitrogens is 1. The van der Waals surface area contributed by atoms with E-state index in [1.165, 1.54) is 7.11 Å². The van der Waals surface area contributed by atoms with Crippen molar-refractivity contribution in [2.45, 2.75) is 6.92 Å². The van der Waals surface area contributed by atoms with Gasteiger partial charge in [-0.1, -0.05) is 0 Å². The number of benzene rings is 1. The van der Waals surface area contributed by atoms with Crippen molar-refractivity contribution in [1.82, 2.24) is 15.2 Å². The molecule has 1 heterocycles. The average molecular weight is 341 g/mol. The van der Waals surface area contributed by atoms with E-state index in [2.05, 4.69) is 36.4 Å². The third-order valence-corrected chi connectivity index (χ3v) is 3.08. The first-order valence-corrected chi connectivity index (χ1v) is 6.63. The second kappa shape index (κ2) is 6.38. The Balaban J connectivity index is 2.14. The number of methoxy groups -OCH3 is 1. The van der Waals surface area contributed by atoms with Gasteiger partial charge in [0, 0.05) is 4.47 Å². The molecule has 1 amide bonds. The number of carbonyl (C=O) groups is 1. The maximum atomic E-state index is 12.1. The minimum absolute atomic E-state index is 0.188. The Morgan fingerprint density at radius 3 is 3.00 bits per heavy atom. The number of halogens is 1. The number of anilines is 1. The summed E-state index contributed by atoms with van der Waals surface area (Å²) in [5, 5.41) is 8.97. The van der Waals surface area contributed by atoms with Gasteiger partial charge in [0.2, 0.25) is 5.95 Å². The number of ether oxygens (including phenoxy) is 2. The second-order valence-electron chi connectivity index (χ2n) is 3.70. The summed E-state index contributed by atoms with van der Waals surface area (Å²) in [6, 6.07) is 5.30. The van der Waals surface area contributed by atoms with Crippen molar-refractivity contribution < 1.29 is 14.3 Å². The normalized spacial score (nSPS) is 10.2. The van der Waals surface area contributed by atoms with Gasteiger partial charge in [0.05, 0.1) is 19.3 Å². The summed E-state index contributed by atoms with van der Waals surface area (Å²) in [5.74, 6) is 0.467. The largest absolute Gasteiger partial charge is 0.497 e. The Hall–Kier alpha value is -2.09. The molecule has 1 aromatic heterocycles. The number of aromatic amines is 1. The Morgan fingerprint density at radius 2 is 2.30 bits per heavy atom. The van der Waals surface area contributed by atoms with E-state index in [9.17, 15) is 4.79 Å². The van der Waals surface area contributed by atoms with Crippen LogP contribution in [-0.4, -0.2) is 34.8 Å². The summed E-state index contributed by atoms with van der Waals surface area (Å²) in [7, 11) is 1.54. The predicted octanol–water partition coefficient (Wildman–Crippen LogP) is 2.23. The molecule has 0 aliphatic carbocycles. The first kappa shape index (κ1) is 14.3. The smallest absolute Gasteiger partial charge is 0.337 e. The fourth-order valence-corrected chi connectivity index (χ4v) is 1.90. The number of nitrogens with one attached hydrogen (secondary N) is 2. The molecule has 20 heavy (non-hydrogen) atoms. The van der Waals surface area contributed by atoms with Crippen LogP contribution in [0, 0.1) is 0 Å². The highest BCUT2D eigenvalue weighted by Gasteiger charge is 2.14. The van der Waals surface area contributed by atoms with Gasteiger partial charge in [-0.25, -0.2) is 5.10 Å². The quantitative estimate of drug-likeness (QED) is 0.871. The summed E-state index contributed by atoms with van der Waals surface area (Å²) in [5.41, 5.74) is 0.429. The highest BCUT2D eigenvalue weighted by Crippen LogP contribution is 2.23. The van der Waals surface area contributed by atoms with Crippen molar-refractivity contribution in [3.63, 3.8) is 0 Å². The van der Waals surface area contributed by atoms with Crippen LogP contribution in [0.2, 0.25) is 0 Å². The van der Waals surface area contributed by atoms with Crippen LogP contribution in [0.3, 0.4) is 0 Å². The maximum absolute atomic E-state index is 12.1. The first-order valence-electron chi connectivity index (χ1n) is 5.84. The third-order valence-electron chi connectivity index (χ3n) is 2.39. The standard InChI is InChI=1S/C12H13BrN4O3/c1-3-20-12-15-11(16-17-12)14-10(18)8-6-7(19-2)4-5-9(8)13/h4-6H,3H2,1-2H3,(H2,14,15,16,17,18). The number of carbonyl (C=O) groups excluding carboxylic acids is 1. The number of rotatable bonds is 5. The van der Waals surface area contributed by atoms with Crippen LogP contribution in [0.25, 0.3) is 0 Å². The molecule has 1 aromatic carbocycles. The summed E-state index contributed by atoms with van der Waals surface area (Å²) in [4.78, 5) is 16.1. The van der Waals surface area contributed by atoms with Crippen LogP contribution in [0.1, 0.15) is 17.3 Å². The van der Waals surface area contributed by atoms with E-state index < -0.39 is 0 Å². The fraction of sp³-hybridized carbons (Fsp3) is 0.250. The van der Waals surface area contributed by atoms with Crippen LogP contribution in [0.4, 0.5) is 5.95 Å². The molecule has 0 saturated heterocycles. The number of hydrogen-bond donors (Lipinski definition) is 2. The molecular weight excluding hydrogens is 328 g/mol. The van der Waals surface area contributed by atoms with Gasteiger partial charge in [-0.3, -0.25) is 10.1 Å². The first-order chi connectivity index (χ1) is 9.63. The molecule has 2 N–H and O–H groups in total. The molecule has 0 radical (unpaired) electrons. The zero-order valence-electron chi connectivity index (χ0n) is 10.9. The Bertz CT molecular complexity index is 614. The number of amides is 1. The Morgan fingerprint density at radius 1 is 1.50 bits per heavy atom. The highest BCUT2D eigenvalue weighted by atomic mass is 79.9. The van der Waals surface area contributed by atoms with Gasteiger partial charge in [-0.2, -0.15) is 4.98 Å². The van der Waals surface area contributed by atoms with Gasteiger partial charge >= 0.3 is 6.01 Å². The van der Waals surface area contributed by atoms with Gasteiger partial charge in [0.15, 0.2) is 0 Å². The van der Waals surface area contributed by atoms with E-state index in [0.717, 1.165) is 0 Å². The molecule has 0 aliphatic rings. The molecular formula is C12H13BrN4O3. The van der Waals surface area contributed by atoms with Crippen LogP contribution in [0.15, 0.2) is 22.7 Å². The molecule has 0 spiro atoms. The van der Waals surface area contributed by atoms with Crippen molar-refractivity contribution in [1.29, 1.82) is 0 Å². The minimum Gasteiger partial charge on any atom is -0.497 e. The summed E-state index contributed by atoms with van der Waals surface area (Å²) < 4.78 is 10.8. The molecule has 0 aliphatic heterocycles. The fourth-order valence-electron chi connectivity index (χ4n) is 1.48. The summed E-state index contributed by atoms with van der Waals surface area (Å²) >= 11 is 3.32. The molecule has 2 rings (SSSR count). The lowest BCUT2D eigenvalue weighted by atomic mass is 10.2. The van der Waals surface area contributed by atoms with E-state index in [0.29, 0.717) is 22.4 Å².